The van der Waals surface area contributed by atoms with Gasteiger partial charge in [-0.05, 0) is 55.3 Å². The number of rotatable bonds is 7. The molecule has 0 aliphatic rings. The Hall–Kier alpha value is -3.12. The highest BCUT2D eigenvalue weighted by Gasteiger charge is 2.23. The van der Waals surface area contributed by atoms with Gasteiger partial charge in [0.1, 0.15) is 0 Å². The SMILES string of the molecule is CCN(Cc1ccccc1)C(=O)c1cccc(S(=O)(=O)N(C)c2cccc(C)c2)c1. The molecule has 0 saturated heterocycles. The van der Waals surface area contributed by atoms with E-state index >= 15 is 0 Å². The molecule has 0 aromatic heterocycles. The first-order valence-corrected chi connectivity index (χ1v) is 11.3. The molecule has 0 fully saturated rings. The summed E-state index contributed by atoms with van der Waals surface area (Å²) in [5.41, 5.74) is 2.92. The summed E-state index contributed by atoms with van der Waals surface area (Å²) in [6, 6.07) is 23.3. The Labute approximate surface area is 178 Å². The zero-order valence-corrected chi connectivity index (χ0v) is 18.3. The quantitative estimate of drug-likeness (QED) is 0.564. The van der Waals surface area contributed by atoms with Gasteiger partial charge >= 0.3 is 0 Å². The lowest BCUT2D eigenvalue weighted by molar-refractivity contribution is 0.0752. The Balaban J connectivity index is 1.88. The van der Waals surface area contributed by atoms with Gasteiger partial charge in [-0.1, -0.05) is 48.5 Å². The molecule has 0 N–H and O–H groups in total. The Morgan fingerprint density at radius 1 is 0.900 bits per heavy atom. The fourth-order valence-electron chi connectivity index (χ4n) is 3.22. The van der Waals surface area contributed by atoms with Crippen LogP contribution in [0.2, 0.25) is 0 Å². The number of aryl methyl sites for hydroxylation is 1. The molecule has 3 aromatic carbocycles. The van der Waals surface area contributed by atoms with Gasteiger partial charge in [0.05, 0.1) is 10.6 Å². The molecule has 0 aliphatic heterocycles. The van der Waals surface area contributed by atoms with E-state index in [-0.39, 0.29) is 10.8 Å². The summed E-state index contributed by atoms with van der Waals surface area (Å²) in [5.74, 6) is -0.198. The van der Waals surface area contributed by atoms with E-state index in [1.165, 1.54) is 23.5 Å². The molecule has 0 heterocycles. The highest BCUT2D eigenvalue weighted by atomic mass is 32.2. The van der Waals surface area contributed by atoms with Gasteiger partial charge in [-0.3, -0.25) is 9.10 Å². The normalized spacial score (nSPS) is 11.2. The molecule has 0 spiro atoms. The molecule has 0 atom stereocenters. The molecule has 3 rings (SSSR count). The number of sulfonamides is 1. The molecular weight excluding hydrogens is 396 g/mol. The van der Waals surface area contributed by atoms with Crippen molar-refractivity contribution in [3.8, 4) is 0 Å². The van der Waals surface area contributed by atoms with E-state index in [0.29, 0.717) is 24.3 Å². The van der Waals surface area contributed by atoms with Crippen LogP contribution in [0.3, 0.4) is 0 Å². The smallest absolute Gasteiger partial charge is 0.264 e. The fraction of sp³-hybridized carbons (Fsp3) is 0.208. The van der Waals surface area contributed by atoms with E-state index in [9.17, 15) is 13.2 Å². The van der Waals surface area contributed by atoms with E-state index in [0.717, 1.165) is 11.1 Å². The minimum atomic E-state index is -3.79. The van der Waals surface area contributed by atoms with Crippen LogP contribution in [0.5, 0.6) is 0 Å². The number of carbonyl (C=O) groups is 1. The van der Waals surface area contributed by atoms with Crippen LogP contribution in [0.25, 0.3) is 0 Å². The van der Waals surface area contributed by atoms with Gasteiger partial charge < -0.3 is 4.90 Å². The highest BCUT2D eigenvalue weighted by molar-refractivity contribution is 7.92. The van der Waals surface area contributed by atoms with Gasteiger partial charge in [0.25, 0.3) is 15.9 Å². The molecule has 0 radical (unpaired) electrons. The summed E-state index contributed by atoms with van der Waals surface area (Å²) in [6.45, 7) is 4.81. The summed E-state index contributed by atoms with van der Waals surface area (Å²) in [4.78, 5) is 14.9. The van der Waals surface area contributed by atoms with E-state index in [1.807, 2.05) is 62.4 Å². The molecule has 156 valence electrons. The zero-order chi connectivity index (χ0) is 21.7. The van der Waals surface area contributed by atoms with Crippen molar-refractivity contribution in [3.63, 3.8) is 0 Å². The number of nitrogens with zero attached hydrogens (tertiary/aromatic N) is 2. The van der Waals surface area contributed by atoms with Crippen molar-refractivity contribution in [2.45, 2.75) is 25.3 Å². The average molecular weight is 423 g/mol. The third-order valence-electron chi connectivity index (χ3n) is 4.99. The third kappa shape index (κ3) is 4.71. The predicted molar refractivity (Wildman–Crippen MR) is 120 cm³/mol. The minimum Gasteiger partial charge on any atom is -0.335 e. The van der Waals surface area contributed by atoms with E-state index in [4.69, 9.17) is 0 Å². The molecule has 0 bridgehead atoms. The summed E-state index contributed by atoms with van der Waals surface area (Å²) in [6.07, 6.45) is 0. The summed E-state index contributed by atoms with van der Waals surface area (Å²) in [7, 11) is -2.27. The van der Waals surface area contributed by atoms with Crippen LogP contribution in [-0.2, 0) is 16.6 Å². The number of carbonyl (C=O) groups excluding carboxylic acids is 1. The van der Waals surface area contributed by atoms with Gasteiger partial charge in [-0.2, -0.15) is 0 Å². The van der Waals surface area contributed by atoms with Crippen molar-refractivity contribution < 1.29 is 13.2 Å². The van der Waals surface area contributed by atoms with Crippen molar-refractivity contribution in [3.05, 3.63) is 95.6 Å². The molecule has 6 heteroatoms. The second-order valence-corrected chi connectivity index (χ2v) is 9.11. The Kier molecular flexibility index (Phi) is 6.57. The molecule has 0 aliphatic carbocycles. The Bertz CT molecular complexity index is 1130. The molecular formula is C24H26N2O3S. The van der Waals surface area contributed by atoms with Crippen LogP contribution in [0, 0.1) is 6.92 Å². The van der Waals surface area contributed by atoms with E-state index in [2.05, 4.69) is 0 Å². The first kappa shape index (κ1) is 21.6. The molecule has 1 amide bonds. The van der Waals surface area contributed by atoms with Crippen molar-refractivity contribution in [2.24, 2.45) is 0 Å². The zero-order valence-electron chi connectivity index (χ0n) is 17.4. The van der Waals surface area contributed by atoms with Gasteiger partial charge in [-0.25, -0.2) is 8.42 Å². The first-order valence-electron chi connectivity index (χ1n) is 9.82. The van der Waals surface area contributed by atoms with Crippen LogP contribution in [0.15, 0.2) is 83.8 Å². The predicted octanol–water partition coefficient (Wildman–Crippen LogP) is 4.48. The highest BCUT2D eigenvalue weighted by Crippen LogP contribution is 2.24. The minimum absolute atomic E-state index is 0.0909. The largest absolute Gasteiger partial charge is 0.335 e. The Morgan fingerprint density at radius 3 is 2.27 bits per heavy atom. The maximum Gasteiger partial charge on any atom is 0.264 e. The topological polar surface area (TPSA) is 57.7 Å². The molecule has 5 nitrogen and oxygen atoms in total. The lowest BCUT2D eigenvalue weighted by Crippen LogP contribution is -2.31. The third-order valence-corrected chi connectivity index (χ3v) is 6.77. The number of amides is 1. The van der Waals surface area contributed by atoms with Crippen LogP contribution in [0.4, 0.5) is 5.69 Å². The van der Waals surface area contributed by atoms with E-state index in [1.54, 1.807) is 23.1 Å². The maximum atomic E-state index is 13.2. The second kappa shape index (κ2) is 9.13. The summed E-state index contributed by atoms with van der Waals surface area (Å²) >= 11 is 0. The number of benzene rings is 3. The van der Waals surface area contributed by atoms with Crippen LogP contribution >= 0.6 is 0 Å². The number of hydrogen-bond acceptors (Lipinski definition) is 3. The number of anilines is 1. The van der Waals surface area contributed by atoms with Crippen molar-refractivity contribution >= 4 is 21.6 Å². The fourth-order valence-corrected chi connectivity index (χ4v) is 4.46. The lowest BCUT2D eigenvalue weighted by Gasteiger charge is -2.23. The monoisotopic (exact) mass is 422 g/mol. The van der Waals surface area contributed by atoms with Crippen LogP contribution in [0.1, 0.15) is 28.4 Å². The standard InChI is InChI=1S/C24H26N2O3S/c1-4-26(18-20-11-6-5-7-12-20)24(27)21-13-9-15-23(17-21)30(28,29)25(3)22-14-8-10-19(2)16-22/h5-17H,4,18H2,1-3H3. The van der Waals surface area contributed by atoms with Gasteiger partial charge in [-0.15, -0.1) is 0 Å². The van der Waals surface area contributed by atoms with Crippen molar-refractivity contribution in [2.75, 3.05) is 17.9 Å². The van der Waals surface area contributed by atoms with Crippen LogP contribution in [-0.4, -0.2) is 32.8 Å². The molecule has 0 unspecified atom stereocenters. The second-order valence-electron chi connectivity index (χ2n) is 7.14. The van der Waals surface area contributed by atoms with Gasteiger partial charge in [0.2, 0.25) is 0 Å². The molecule has 0 saturated carbocycles. The molecule has 3 aromatic rings. The average Bonchev–Trinajstić information content (AvgIpc) is 2.77. The van der Waals surface area contributed by atoms with Gasteiger partial charge in [0, 0.05) is 25.7 Å². The molecule has 30 heavy (non-hydrogen) atoms. The van der Waals surface area contributed by atoms with Crippen molar-refractivity contribution in [1.29, 1.82) is 0 Å². The summed E-state index contributed by atoms with van der Waals surface area (Å²) < 4.78 is 27.5. The van der Waals surface area contributed by atoms with Crippen molar-refractivity contribution in [1.82, 2.24) is 4.90 Å². The van der Waals surface area contributed by atoms with E-state index < -0.39 is 10.0 Å². The Morgan fingerprint density at radius 2 is 1.60 bits per heavy atom. The number of hydrogen-bond donors (Lipinski definition) is 0. The lowest BCUT2D eigenvalue weighted by atomic mass is 10.1. The first-order chi connectivity index (χ1) is 14.3. The van der Waals surface area contributed by atoms with Crippen LogP contribution < -0.4 is 4.31 Å². The summed E-state index contributed by atoms with van der Waals surface area (Å²) in [5, 5.41) is 0. The maximum absolute atomic E-state index is 13.2. The van der Waals surface area contributed by atoms with Gasteiger partial charge in [0.15, 0.2) is 0 Å².